The number of nitrogen functional groups attached to an aromatic ring is 1. The summed E-state index contributed by atoms with van der Waals surface area (Å²) in [5, 5.41) is 4.53. The third-order valence-electron chi connectivity index (χ3n) is 2.54. The molecule has 1 heterocycles. The van der Waals surface area contributed by atoms with Gasteiger partial charge in [0.25, 0.3) is 5.89 Å². The predicted octanol–water partition coefficient (Wildman–Crippen LogP) is 3.27. The number of hydrogen-bond donors (Lipinski definition) is 1. The Morgan fingerprint density at radius 3 is 2.83 bits per heavy atom. The van der Waals surface area contributed by atoms with Crippen LogP contribution in [0.25, 0.3) is 11.5 Å². The smallest absolute Gasteiger partial charge is 0.258 e. The topological polar surface area (TPSA) is 64.9 Å². The summed E-state index contributed by atoms with van der Waals surface area (Å²) >= 11 is 1.79. The third-order valence-corrected chi connectivity index (χ3v) is 3.63. The second-order valence-electron chi connectivity index (χ2n) is 4.45. The van der Waals surface area contributed by atoms with E-state index in [1.54, 1.807) is 11.8 Å². The molecule has 0 bridgehead atoms. The maximum atomic E-state index is 5.87. The lowest BCUT2D eigenvalue weighted by atomic mass is 10.1. The average Bonchev–Trinajstić information content (AvgIpc) is 2.79. The molecule has 0 saturated heterocycles. The van der Waals surface area contributed by atoms with E-state index in [9.17, 15) is 0 Å². The van der Waals surface area contributed by atoms with E-state index in [-0.39, 0.29) is 0 Å². The summed E-state index contributed by atoms with van der Waals surface area (Å²) in [7, 11) is 0. The van der Waals surface area contributed by atoms with Crippen molar-refractivity contribution in [3.8, 4) is 11.5 Å². The van der Waals surface area contributed by atoms with Gasteiger partial charge in [-0.3, -0.25) is 0 Å². The Morgan fingerprint density at radius 1 is 1.39 bits per heavy atom. The van der Waals surface area contributed by atoms with E-state index >= 15 is 0 Å². The minimum Gasteiger partial charge on any atom is -0.398 e. The molecule has 0 spiro atoms. The average molecular weight is 263 g/mol. The molecule has 0 radical (unpaired) electrons. The first-order valence-corrected chi connectivity index (χ1v) is 6.92. The lowest BCUT2D eigenvalue weighted by Gasteiger charge is -2.00. The summed E-state index contributed by atoms with van der Waals surface area (Å²) in [6, 6.07) is 5.76. The highest BCUT2D eigenvalue weighted by Gasteiger charge is 2.10. The van der Waals surface area contributed by atoms with Crippen molar-refractivity contribution in [2.45, 2.75) is 31.8 Å². The molecule has 0 saturated carbocycles. The first kappa shape index (κ1) is 13.0. The summed E-state index contributed by atoms with van der Waals surface area (Å²) in [6.45, 7) is 6.26. The van der Waals surface area contributed by atoms with Gasteiger partial charge in [-0.05, 0) is 29.9 Å². The van der Waals surface area contributed by atoms with E-state index in [1.165, 1.54) is 0 Å². The molecular formula is C13H17N3OS. The molecule has 1 aromatic heterocycles. The Bertz CT molecular complexity index is 537. The third kappa shape index (κ3) is 3.04. The number of aryl methyl sites for hydroxylation is 1. The Hall–Kier alpha value is -1.49. The quantitative estimate of drug-likeness (QED) is 0.858. The van der Waals surface area contributed by atoms with Gasteiger partial charge in [-0.25, -0.2) is 0 Å². The van der Waals surface area contributed by atoms with Crippen LogP contribution in [-0.2, 0) is 5.75 Å². The molecule has 96 valence electrons. The zero-order valence-corrected chi connectivity index (χ0v) is 11.6. The SMILES string of the molecule is Cc1ccc(-c2nc(CSC(C)C)no2)cc1N. The fourth-order valence-electron chi connectivity index (χ4n) is 1.44. The molecule has 1 aromatic carbocycles. The minimum atomic E-state index is 0.529. The molecule has 0 amide bonds. The molecule has 2 N–H and O–H groups in total. The largest absolute Gasteiger partial charge is 0.398 e. The Labute approximate surface area is 111 Å². The minimum absolute atomic E-state index is 0.529. The monoisotopic (exact) mass is 263 g/mol. The van der Waals surface area contributed by atoms with Crippen LogP contribution in [0.2, 0.25) is 0 Å². The summed E-state index contributed by atoms with van der Waals surface area (Å²) in [4.78, 5) is 4.37. The molecule has 4 nitrogen and oxygen atoms in total. The number of thioether (sulfide) groups is 1. The summed E-state index contributed by atoms with van der Waals surface area (Å²) in [5.74, 6) is 2.02. The van der Waals surface area contributed by atoms with Gasteiger partial charge in [-0.1, -0.05) is 25.1 Å². The Balaban J connectivity index is 2.16. The summed E-state index contributed by atoms with van der Waals surface area (Å²) in [6.07, 6.45) is 0. The number of nitrogens with zero attached hydrogens (tertiary/aromatic N) is 2. The number of benzene rings is 1. The maximum absolute atomic E-state index is 5.87. The van der Waals surface area contributed by atoms with Crippen molar-refractivity contribution in [3.63, 3.8) is 0 Å². The van der Waals surface area contributed by atoms with Crippen LogP contribution in [0.1, 0.15) is 25.2 Å². The van der Waals surface area contributed by atoms with E-state index in [0.717, 1.165) is 28.4 Å². The van der Waals surface area contributed by atoms with Gasteiger partial charge in [0.05, 0.1) is 5.75 Å². The molecule has 0 atom stereocenters. The number of anilines is 1. The summed E-state index contributed by atoms with van der Waals surface area (Å²) in [5.41, 5.74) is 8.53. The second-order valence-corrected chi connectivity index (χ2v) is 6.01. The van der Waals surface area contributed by atoms with Crippen molar-refractivity contribution in [3.05, 3.63) is 29.6 Å². The number of hydrogen-bond acceptors (Lipinski definition) is 5. The van der Waals surface area contributed by atoms with Crippen LogP contribution >= 0.6 is 11.8 Å². The highest BCUT2D eigenvalue weighted by Crippen LogP contribution is 2.23. The molecule has 2 rings (SSSR count). The van der Waals surface area contributed by atoms with Gasteiger partial charge in [0.15, 0.2) is 5.82 Å². The van der Waals surface area contributed by atoms with Crippen molar-refractivity contribution in [2.24, 2.45) is 0 Å². The van der Waals surface area contributed by atoms with Gasteiger partial charge in [-0.15, -0.1) is 0 Å². The first-order chi connectivity index (χ1) is 8.56. The van der Waals surface area contributed by atoms with Crippen LogP contribution in [0.3, 0.4) is 0 Å². The van der Waals surface area contributed by atoms with Crippen molar-refractivity contribution in [1.29, 1.82) is 0 Å². The van der Waals surface area contributed by atoms with E-state index in [4.69, 9.17) is 10.3 Å². The second kappa shape index (κ2) is 5.44. The molecule has 0 aliphatic rings. The first-order valence-electron chi connectivity index (χ1n) is 5.87. The van der Waals surface area contributed by atoms with Gasteiger partial charge in [0, 0.05) is 11.3 Å². The normalized spacial score (nSPS) is 11.1. The van der Waals surface area contributed by atoms with Crippen LogP contribution < -0.4 is 5.73 Å². The van der Waals surface area contributed by atoms with Crippen LogP contribution in [0, 0.1) is 6.92 Å². The van der Waals surface area contributed by atoms with Crippen LogP contribution in [-0.4, -0.2) is 15.4 Å². The fourth-order valence-corrected chi connectivity index (χ4v) is 2.04. The molecule has 18 heavy (non-hydrogen) atoms. The van der Waals surface area contributed by atoms with Gasteiger partial charge in [0.1, 0.15) is 0 Å². The molecular weight excluding hydrogens is 246 g/mol. The highest BCUT2D eigenvalue weighted by atomic mass is 32.2. The van der Waals surface area contributed by atoms with Crippen LogP contribution in [0.15, 0.2) is 22.7 Å². The Morgan fingerprint density at radius 2 is 2.17 bits per heavy atom. The standard InChI is InChI=1S/C13H17N3OS/c1-8(2)18-7-12-15-13(17-16-12)10-5-4-9(3)11(14)6-10/h4-6,8H,7,14H2,1-3H3. The molecule has 2 aromatic rings. The van der Waals surface area contributed by atoms with Crippen molar-refractivity contribution >= 4 is 17.4 Å². The van der Waals surface area contributed by atoms with E-state index in [1.807, 2.05) is 25.1 Å². The molecule has 0 aliphatic heterocycles. The summed E-state index contributed by atoms with van der Waals surface area (Å²) < 4.78 is 5.25. The number of aromatic nitrogens is 2. The van der Waals surface area contributed by atoms with Crippen molar-refractivity contribution < 1.29 is 4.52 Å². The van der Waals surface area contributed by atoms with E-state index in [2.05, 4.69) is 24.0 Å². The van der Waals surface area contributed by atoms with Crippen LogP contribution in [0.5, 0.6) is 0 Å². The predicted molar refractivity (Wildman–Crippen MR) is 75.3 cm³/mol. The van der Waals surface area contributed by atoms with E-state index < -0.39 is 0 Å². The zero-order chi connectivity index (χ0) is 13.1. The molecule has 0 unspecified atom stereocenters. The van der Waals surface area contributed by atoms with Crippen molar-refractivity contribution in [1.82, 2.24) is 10.1 Å². The fraction of sp³-hybridized carbons (Fsp3) is 0.385. The van der Waals surface area contributed by atoms with Gasteiger partial charge in [-0.2, -0.15) is 16.7 Å². The van der Waals surface area contributed by atoms with Crippen molar-refractivity contribution in [2.75, 3.05) is 5.73 Å². The van der Waals surface area contributed by atoms with Gasteiger partial charge < -0.3 is 10.3 Å². The molecule has 5 heteroatoms. The van der Waals surface area contributed by atoms with Crippen LogP contribution in [0.4, 0.5) is 5.69 Å². The van der Waals surface area contributed by atoms with Gasteiger partial charge in [0.2, 0.25) is 0 Å². The molecule has 0 fully saturated rings. The zero-order valence-electron chi connectivity index (χ0n) is 10.8. The highest BCUT2D eigenvalue weighted by molar-refractivity contribution is 7.99. The maximum Gasteiger partial charge on any atom is 0.258 e. The van der Waals surface area contributed by atoms with E-state index in [0.29, 0.717) is 11.1 Å². The lowest BCUT2D eigenvalue weighted by Crippen LogP contribution is -1.91. The lowest BCUT2D eigenvalue weighted by molar-refractivity contribution is 0.425. The number of rotatable bonds is 4. The molecule has 0 aliphatic carbocycles. The van der Waals surface area contributed by atoms with Gasteiger partial charge >= 0.3 is 0 Å². The Kier molecular flexibility index (Phi) is 3.91. The number of nitrogens with two attached hydrogens (primary N) is 1.